The van der Waals surface area contributed by atoms with Gasteiger partial charge < -0.3 is 4.74 Å². The minimum atomic E-state index is -4.01. The minimum absolute atomic E-state index is 0.0786. The van der Waals surface area contributed by atoms with E-state index in [-0.39, 0.29) is 4.90 Å². The van der Waals surface area contributed by atoms with E-state index in [2.05, 4.69) is 10.5 Å². The first-order chi connectivity index (χ1) is 16.2. The molecule has 0 aromatic heterocycles. The van der Waals surface area contributed by atoms with E-state index in [9.17, 15) is 13.2 Å². The number of sulfonamides is 1. The number of carbonyl (C=O) groups excluding carboxylic acids is 1. The highest BCUT2D eigenvalue weighted by Gasteiger charge is 2.27. The number of anilines is 1. The van der Waals surface area contributed by atoms with Crippen LogP contribution in [0.2, 0.25) is 5.02 Å². The van der Waals surface area contributed by atoms with E-state index in [1.165, 1.54) is 12.1 Å². The third-order valence-corrected chi connectivity index (χ3v) is 6.98. The Kier molecular flexibility index (Phi) is 8.31. The van der Waals surface area contributed by atoms with E-state index < -0.39 is 22.5 Å². The van der Waals surface area contributed by atoms with Crippen molar-refractivity contribution in [2.45, 2.75) is 25.7 Å². The van der Waals surface area contributed by atoms with Crippen molar-refractivity contribution in [3.8, 4) is 5.75 Å². The number of carbonyl (C=O) groups is 1. The summed E-state index contributed by atoms with van der Waals surface area (Å²) in [6, 6.07) is 20.0. The zero-order valence-corrected chi connectivity index (χ0v) is 20.7. The molecule has 0 bridgehead atoms. The van der Waals surface area contributed by atoms with Crippen LogP contribution in [0.5, 0.6) is 5.75 Å². The van der Waals surface area contributed by atoms with Crippen LogP contribution in [0.1, 0.15) is 25.0 Å². The van der Waals surface area contributed by atoms with Crippen molar-refractivity contribution < 1.29 is 17.9 Å². The van der Waals surface area contributed by atoms with Crippen LogP contribution in [-0.2, 0) is 14.8 Å². The zero-order valence-electron chi connectivity index (χ0n) is 19.2. The second-order valence-electron chi connectivity index (χ2n) is 7.49. The lowest BCUT2D eigenvalue weighted by Crippen LogP contribution is -2.39. The third kappa shape index (κ3) is 6.36. The average molecular weight is 500 g/mol. The largest absolute Gasteiger partial charge is 0.494 e. The molecular weight excluding hydrogens is 474 g/mol. The minimum Gasteiger partial charge on any atom is -0.494 e. The normalized spacial score (nSPS) is 11.7. The fraction of sp³-hybridized carbons (Fsp3) is 0.200. The van der Waals surface area contributed by atoms with Gasteiger partial charge in [-0.3, -0.25) is 9.10 Å². The molecule has 1 amide bonds. The monoisotopic (exact) mass is 499 g/mol. The summed E-state index contributed by atoms with van der Waals surface area (Å²) in [6.45, 7) is 5.62. The van der Waals surface area contributed by atoms with Crippen LogP contribution in [0.25, 0.3) is 0 Å². The number of hydrogen-bond acceptors (Lipinski definition) is 5. The first kappa shape index (κ1) is 25.3. The van der Waals surface area contributed by atoms with E-state index in [0.29, 0.717) is 23.0 Å². The molecule has 0 aliphatic heterocycles. The molecule has 178 valence electrons. The average Bonchev–Trinajstić information content (AvgIpc) is 2.82. The standard InChI is InChI=1S/C25H26ClN3O4S/c1-4-33-23-13-7-20(8-14-23)19(3)27-28-25(30)17-29(22-11-9-21(26)10-12-22)34(31,32)24-15-5-18(2)6-16-24/h5-16H,4,17H2,1-3H3,(H,28,30)/b27-19-. The van der Waals surface area contributed by atoms with Crippen LogP contribution >= 0.6 is 11.6 Å². The van der Waals surface area contributed by atoms with Gasteiger partial charge in [0, 0.05) is 5.02 Å². The van der Waals surface area contributed by atoms with Crippen molar-refractivity contribution in [3.05, 3.63) is 88.9 Å². The molecule has 0 aliphatic carbocycles. The predicted molar refractivity (Wildman–Crippen MR) is 135 cm³/mol. The van der Waals surface area contributed by atoms with E-state index >= 15 is 0 Å². The second-order valence-corrected chi connectivity index (χ2v) is 9.79. The summed E-state index contributed by atoms with van der Waals surface area (Å²) in [5.74, 6) is 0.152. The molecule has 0 heterocycles. The number of hydrazone groups is 1. The molecule has 0 fully saturated rings. The molecule has 3 aromatic carbocycles. The highest BCUT2D eigenvalue weighted by molar-refractivity contribution is 7.92. The van der Waals surface area contributed by atoms with Crippen LogP contribution < -0.4 is 14.5 Å². The highest BCUT2D eigenvalue weighted by atomic mass is 35.5. The Labute approximate surface area is 205 Å². The summed E-state index contributed by atoms with van der Waals surface area (Å²) >= 11 is 5.97. The van der Waals surface area contributed by atoms with E-state index in [1.807, 2.05) is 38.1 Å². The molecule has 0 radical (unpaired) electrons. The number of benzene rings is 3. The fourth-order valence-corrected chi connectivity index (χ4v) is 4.64. The van der Waals surface area contributed by atoms with Crippen LogP contribution in [-0.4, -0.2) is 33.2 Å². The molecular formula is C25H26ClN3O4S. The van der Waals surface area contributed by atoms with Gasteiger partial charge in [-0.25, -0.2) is 13.8 Å². The van der Waals surface area contributed by atoms with Gasteiger partial charge in [0.25, 0.3) is 15.9 Å². The second kappa shape index (κ2) is 11.2. The molecule has 0 unspecified atom stereocenters. The van der Waals surface area contributed by atoms with E-state index in [1.54, 1.807) is 43.3 Å². The third-order valence-electron chi connectivity index (χ3n) is 4.94. The summed E-state index contributed by atoms with van der Waals surface area (Å²) < 4.78 is 33.2. The molecule has 9 heteroatoms. The van der Waals surface area contributed by atoms with E-state index in [4.69, 9.17) is 16.3 Å². The van der Waals surface area contributed by atoms with Crippen LogP contribution in [0, 0.1) is 6.92 Å². The molecule has 0 saturated heterocycles. The molecule has 0 aliphatic rings. The fourth-order valence-electron chi connectivity index (χ4n) is 3.10. The summed E-state index contributed by atoms with van der Waals surface area (Å²) in [4.78, 5) is 12.8. The molecule has 0 spiro atoms. The lowest BCUT2D eigenvalue weighted by molar-refractivity contribution is -0.119. The van der Waals surface area contributed by atoms with Crippen LogP contribution in [0.4, 0.5) is 5.69 Å². The Morgan fingerprint density at radius 1 is 1.00 bits per heavy atom. The number of rotatable bonds is 9. The predicted octanol–water partition coefficient (Wildman–Crippen LogP) is 4.78. The van der Waals surface area contributed by atoms with Crippen molar-refractivity contribution in [1.29, 1.82) is 0 Å². The maximum atomic E-state index is 13.4. The number of nitrogens with one attached hydrogen (secondary N) is 1. The highest BCUT2D eigenvalue weighted by Crippen LogP contribution is 2.25. The number of aryl methyl sites for hydroxylation is 1. The van der Waals surface area contributed by atoms with Gasteiger partial charge in [-0.05, 0) is 87.0 Å². The summed E-state index contributed by atoms with van der Waals surface area (Å²) in [5.41, 5.74) is 5.05. The SMILES string of the molecule is CCOc1ccc(/C(C)=N\NC(=O)CN(c2ccc(Cl)cc2)S(=O)(=O)c2ccc(C)cc2)cc1. The quantitative estimate of drug-likeness (QED) is 0.339. The molecule has 3 aromatic rings. The first-order valence-corrected chi connectivity index (χ1v) is 12.4. The molecule has 7 nitrogen and oxygen atoms in total. The number of nitrogens with zero attached hydrogens (tertiary/aromatic N) is 2. The van der Waals surface area contributed by atoms with Gasteiger partial charge in [-0.2, -0.15) is 5.10 Å². The van der Waals surface area contributed by atoms with Crippen molar-refractivity contribution >= 4 is 38.9 Å². The molecule has 1 N–H and O–H groups in total. The Bertz CT molecular complexity index is 1260. The maximum Gasteiger partial charge on any atom is 0.264 e. The first-order valence-electron chi connectivity index (χ1n) is 10.6. The van der Waals surface area contributed by atoms with Crippen molar-refractivity contribution in [2.75, 3.05) is 17.5 Å². The lowest BCUT2D eigenvalue weighted by atomic mass is 10.1. The van der Waals surface area contributed by atoms with Gasteiger partial charge in [0.05, 0.1) is 22.9 Å². The number of amides is 1. The number of ether oxygens (including phenoxy) is 1. The Balaban J connectivity index is 1.81. The van der Waals surface area contributed by atoms with Crippen LogP contribution in [0.15, 0.2) is 82.8 Å². The Morgan fingerprint density at radius 3 is 2.21 bits per heavy atom. The summed E-state index contributed by atoms with van der Waals surface area (Å²) in [5, 5.41) is 4.59. The van der Waals surface area contributed by atoms with Gasteiger partial charge in [0.2, 0.25) is 0 Å². The van der Waals surface area contributed by atoms with Crippen molar-refractivity contribution in [3.63, 3.8) is 0 Å². The smallest absolute Gasteiger partial charge is 0.264 e. The van der Waals surface area contributed by atoms with Gasteiger partial charge in [-0.15, -0.1) is 0 Å². The number of hydrogen-bond donors (Lipinski definition) is 1. The Morgan fingerprint density at radius 2 is 1.62 bits per heavy atom. The molecule has 0 atom stereocenters. The van der Waals surface area contributed by atoms with Crippen LogP contribution in [0.3, 0.4) is 0 Å². The molecule has 34 heavy (non-hydrogen) atoms. The van der Waals surface area contributed by atoms with Gasteiger partial charge in [-0.1, -0.05) is 29.3 Å². The zero-order chi connectivity index (χ0) is 24.7. The summed E-state index contributed by atoms with van der Waals surface area (Å²) in [6.07, 6.45) is 0. The van der Waals surface area contributed by atoms with Crippen molar-refractivity contribution in [2.24, 2.45) is 5.10 Å². The van der Waals surface area contributed by atoms with Gasteiger partial charge >= 0.3 is 0 Å². The number of halogens is 1. The molecule has 3 rings (SSSR count). The van der Waals surface area contributed by atoms with Crippen molar-refractivity contribution in [1.82, 2.24) is 5.43 Å². The van der Waals surface area contributed by atoms with E-state index in [0.717, 1.165) is 21.2 Å². The lowest BCUT2D eigenvalue weighted by Gasteiger charge is -2.24. The summed E-state index contributed by atoms with van der Waals surface area (Å²) in [7, 11) is -4.01. The molecule has 0 saturated carbocycles. The van der Waals surface area contributed by atoms with Gasteiger partial charge in [0.15, 0.2) is 0 Å². The van der Waals surface area contributed by atoms with Gasteiger partial charge in [0.1, 0.15) is 12.3 Å². The topological polar surface area (TPSA) is 88.1 Å². The maximum absolute atomic E-state index is 13.4. The Hall–Kier alpha value is -3.36.